The molecule has 0 aromatic carbocycles. The van der Waals surface area contributed by atoms with Gasteiger partial charge in [-0.15, -0.1) is 0 Å². The number of nitrogens with one attached hydrogen (secondary N) is 2. The lowest BCUT2D eigenvalue weighted by molar-refractivity contribution is -0.0505. The minimum Gasteiger partial charge on any atom is -0.394 e. The minimum atomic E-state index is -1.40. The third-order valence-corrected chi connectivity index (χ3v) is 3.36. The van der Waals surface area contributed by atoms with Crippen LogP contribution in [-0.2, 0) is 4.74 Å². The fraction of sp³-hybridized carbons (Fsp3) is 0.500. The van der Waals surface area contributed by atoms with E-state index >= 15 is 0 Å². The molecule has 0 aliphatic carbocycles. The number of nitrogens with zero attached hydrogens (tertiary/aromatic N) is 3. The molecule has 1 saturated heterocycles. The summed E-state index contributed by atoms with van der Waals surface area (Å²) in [7, 11) is 0. The lowest BCUT2D eigenvalue weighted by Crippen LogP contribution is -2.33. The number of fused-ring (bicyclic) bond motifs is 1. The second kappa shape index (κ2) is 5.05. The Labute approximate surface area is 116 Å². The van der Waals surface area contributed by atoms with Gasteiger partial charge in [-0.25, -0.2) is 15.4 Å². The van der Waals surface area contributed by atoms with Crippen molar-refractivity contribution in [3.63, 3.8) is 0 Å². The van der Waals surface area contributed by atoms with E-state index in [0.717, 1.165) is 10.9 Å². The predicted molar refractivity (Wildman–Crippen MR) is 66.6 cm³/mol. The SMILES string of the molecule is O=c1[nH]cnc2c1nc(NO)n2[C@H]1O[C@@H](CO)[C@@H](O)[C@@H]1O. The molecule has 21 heavy (non-hydrogen) atoms. The number of H-pyrrole nitrogens is 1. The van der Waals surface area contributed by atoms with Gasteiger partial charge in [-0.05, 0) is 0 Å². The molecule has 3 rings (SSSR count). The Kier molecular flexibility index (Phi) is 3.35. The van der Waals surface area contributed by atoms with Gasteiger partial charge in [0.1, 0.15) is 18.3 Å². The first-order valence-electron chi connectivity index (χ1n) is 6.06. The highest BCUT2D eigenvalue weighted by molar-refractivity contribution is 5.73. The third-order valence-electron chi connectivity index (χ3n) is 3.36. The predicted octanol–water partition coefficient (Wildman–Crippen LogP) is -2.47. The number of hydrogen-bond donors (Lipinski definition) is 6. The van der Waals surface area contributed by atoms with Gasteiger partial charge in [0.05, 0.1) is 12.9 Å². The summed E-state index contributed by atoms with van der Waals surface area (Å²) in [5.41, 5.74) is 1.21. The van der Waals surface area contributed by atoms with Crippen LogP contribution in [0, 0.1) is 0 Å². The van der Waals surface area contributed by atoms with Crippen LogP contribution in [0.4, 0.5) is 5.95 Å². The molecule has 2 aromatic heterocycles. The number of aromatic nitrogens is 4. The summed E-state index contributed by atoms with van der Waals surface area (Å²) in [6.07, 6.45) is -3.77. The summed E-state index contributed by atoms with van der Waals surface area (Å²) in [5, 5.41) is 38.0. The molecule has 11 heteroatoms. The van der Waals surface area contributed by atoms with Crippen molar-refractivity contribution < 1.29 is 25.3 Å². The van der Waals surface area contributed by atoms with Crippen LogP contribution in [0.5, 0.6) is 0 Å². The molecule has 4 atom stereocenters. The largest absolute Gasteiger partial charge is 0.394 e. The standard InChI is InChI=1S/C10H13N5O6/c16-1-3-5(17)6(18)9(21-3)15-7-4(13-10(15)14-20)8(19)12-2-11-7/h2-3,5-6,9,16-18,20H,1H2,(H,13,14)(H,11,12,19)/t3-,5+,6-,9-/m0/s1. The Morgan fingerprint density at radius 2 is 2.19 bits per heavy atom. The van der Waals surface area contributed by atoms with Gasteiger partial charge in [0.25, 0.3) is 5.56 Å². The Balaban J connectivity index is 2.16. The Morgan fingerprint density at radius 1 is 1.43 bits per heavy atom. The monoisotopic (exact) mass is 299 g/mol. The molecular formula is C10H13N5O6. The van der Waals surface area contributed by atoms with Crippen LogP contribution in [-0.4, -0.2) is 65.0 Å². The molecule has 0 unspecified atom stereocenters. The van der Waals surface area contributed by atoms with Gasteiger partial charge >= 0.3 is 0 Å². The van der Waals surface area contributed by atoms with E-state index in [0.29, 0.717) is 0 Å². The molecule has 0 amide bonds. The number of aliphatic hydroxyl groups excluding tert-OH is 3. The first-order chi connectivity index (χ1) is 10.1. The number of aliphatic hydroxyl groups is 3. The van der Waals surface area contributed by atoms with Gasteiger partial charge in [-0.2, -0.15) is 0 Å². The van der Waals surface area contributed by atoms with Gasteiger partial charge in [0.15, 0.2) is 17.4 Å². The van der Waals surface area contributed by atoms with Crippen molar-refractivity contribution in [1.29, 1.82) is 0 Å². The van der Waals surface area contributed by atoms with Crippen LogP contribution >= 0.6 is 0 Å². The summed E-state index contributed by atoms with van der Waals surface area (Å²) in [4.78, 5) is 21.8. The second-order valence-corrected chi connectivity index (χ2v) is 4.55. The quantitative estimate of drug-likeness (QED) is 0.337. The number of rotatable bonds is 3. The molecule has 1 fully saturated rings. The molecule has 6 N–H and O–H groups in total. The smallest absolute Gasteiger partial charge is 0.278 e. The molecular weight excluding hydrogens is 286 g/mol. The summed E-state index contributed by atoms with van der Waals surface area (Å²) in [5.74, 6) is -0.191. The van der Waals surface area contributed by atoms with Crippen LogP contribution in [0.2, 0.25) is 0 Å². The van der Waals surface area contributed by atoms with Gasteiger partial charge in [-0.1, -0.05) is 0 Å². The van der Waals surface area contributed by atoms with Crippen LogP contribution in [0.1, 0.15) is 6.23 Å². The highest BCUT2D eigenvalue weighted by atomic mass is 16.6. The zero-order chi connectivity index (χ0) is 15.1. The molecule has 0 radical (unpaired) electrons. The van der Waals surface area contributed by atoms with Gasteiger partial charge in [-0.3, -0.25) is 14.6 Å². The Morgan fingerprint density at radius 3 is 2.81 bits per heavy atom. The van der Waals surface area contributed by atoms with Crippen molar-refractivity contribution in [2.24, 2.45) is 0 Å². The fourth-order valence-corrected chi connectivity index (χ4v) is 2.33. The van der Waals surface area contributed by atoms with Crippen LogP contribution in [0.25, 0.3) is 11.2 Å². The van der Waals surface area contributed by atoms with Crippen molar-refractivity contribution in [1.82, 2.24) is 19.5 Å². The van der Waals surface area contributed by atoms with E-state index in [1.807, 2.05) is 0 Å². The van der Waals surface area contributed by atoms with E-state index in [1.54, 1.807) is 5.48 Å². The summed E-state index contributed by atoms with van der Waals surface area (Å²) in [6.45, 7) is -0.503. The van der Waals surface area contributed by atoms with Crippen LogP contribution < -0.4 is 11.0 Å². The maximum absolute atomic E-state index is 11.7. The average Bonchev–Trinajstić information content (AvgIpc) is 2.99. The number of hydrogen-bond acceptors (Lipinski definition) is 9. The Bertz CT molecular complexity index is 714. The first-order valence-corrected chi connectivity index (χ1v) is 6.06. The van der Waals surface area contributed by atoms with Gasteiger partial charge in [0, 0.05) is 0 Å². The van der Waals surface area contributed by atoms with Crippen molar-refractivity contribution in [2.75, 3.05) is 12.1 Å². The molecule has 114 valence electrons. The molecule has 0 spiro atoms. The van der Waals surface area contributed by atoms with Crippen LogP contribution in [0.15, 0.2) is 11.1 Å². The zero-order valence-corrected chi connectivity index (χ0v) is 10.5. The van der Waals surface area contributed by atoms with E-state index in [2.05, 4.69) is 15.0 Å². The van der Waals surface area contributed by atoms with Crippen molar-refractivity contribution in [3.05, 3.63) is 16.7 Å². The lowest BCUT2D eigenvalue weighted by atomic mass is 10.1. The molecule has 0 saturated carbocycles. The molecule has 11 nitrogen and oxygen atoms in total. The Hall–Kier alpha value is -2.05. The highest BCUT2D eigenvalue weighted by Gasteiger charge is 2.45. The van der Waals surface area contributed by atoms with E-state index < -0.39 is 36.7 Å². The molecule has 1 aliphatic heterocycles. The van der Waals surface area contributed by atoms with E-state index in [4.69, 9.17) is 15.1 Å². The highest BCUT2D eigenvalue weighted by Crippen LogP contribution is 2.33. The molecule has 0 bridgehead atoms. The second-order valence-electron chi connectivity index (χ2n) is 4.55. The minimum absolute atomic E-state index is 0.0464. The summed E-state index contributed by atoms with van der Waals surface area (Å²) in [6, 6.07) is 0. The van der Waals surface area contributed by atoms with E-state index in [-0.39, 0.29) is 17.1 Å². The normalized spacial score (nSPS) is 29.1. The van der Waals surface area contributed by atoms with E-state index in [1.165, 1.54) is 0 Å². The molecule has 1 aliphatic rings. The zero-order valence-electron chi connectivity index (χ0n) is 10.5. The third kappa shape index (κ3) is 1.99. The number of ether oxygens (including phenoxy) is 1. The van der Waals surface area contributed by atoms with E-state index in [9.17, 15) is 15.0 Å². The fourth-order valence-electron chi connectivity index (χ4n) is 2.33. The number of anilines is 1. The lowest BCUT2D eigenvalue weighted by Gasteiger charge is -2.18. The maximum Gasteiger partial charge on any atom is 0.278 e. The van der Waals surface area contributed by atoms with Crippen molar-refractivity contribution in [2.45, 2.75) is 24.5 Å². The van der Waals surface area contributed by atoms with Crippen LogP contribution in [0.3, 0.4) is 0 Å². The average molecular weight is 299 g/mol. The first kappa shape index (κ1) is 13.9. The van der Waals surface area contributed by atoms with Crippen molar-refractivity contribution >= 4 is 17.1 Å². The van der Waals surface area contributed by atoms with Gasteiger partial charge in [0.2, 0.25) is 5.95 Å². The van der Waals surface area contributed by atoms with Gasteiger partial charge < -0.3 is 25.0 Å². The number of aromatic amines is 1. The summed E-state index contributed by atoms with van der Waals surface area (Å²) < 4.78 is 6.47. The topological polar surface area (TPSA) is 166 Å². The molecule has 3 heterocycles. The summed E-state index contributed by atoms with van der Waals surface area (Å²) >= 11 is 0. The maximum atomic E-state index is 11.7. The number of imidazole rings is 1. The van der Waals surface area contributed by atoms with Crippen molar-refractivity contribution in [3.8, 4) is 0 Å². The molecule has 2 aromatic rings.